The molecule has 0 spiro atoms. The number of aromatic nitrogens is 2. The maximum absolute atomic E-state index is 2.57. The van der Waals surface area contributed by atoms with E-state index in [1.54, 1.807) is 0 Å². The summed E-state index contributed by atoms with van der Waals surface area (Å²) in [6.07, 6.45) is 3.24. The number of hydrogen-bond acceptors (Lipinski definition) is 0. The second kappa shape index (κ2) is 8.46. The second-order valence-electron chi connectivity index (χ2n) is 9.75. The number of aryl methyl sites for hydroxylation is 3. The van der Waals surface area contributed by atoms with Gasteiger partial charge in [0.1, 0.15) is 0 Å². The van der Waals surface area contributed by atoms with Gasteiger partial charge in [-0.3, -0.25) is 0 Å². The molecule has 174 valence electrons. The highest BCUT2D eigenvalue weighted by molar-refractivity contribution is 6.21. The molecule has 35 heavy (non-hydrogen) atoms. The fourth-order valence-corrected chi connectivity index (χ4v) is 5.93. The van der Waals surface area contributed by atoms with Crippen molar-refractivity contribution in [2.45, 2.75) is 47.0 Å². The summed E-state index contributed by atoms with van der Waals surface area (Å²) in [5, 5.41) is 4.04. The first-order valence-electron chi connectivity index (χ1n) is 12.8. The largest absolute Gasteiger partial charge is 0.313 e. The lowest BCUT2D eigenvalue weighted by atomic mass is 10.0. The third kappa shape index (κ3) is 3.31. The molecule has 0 fully saturated rings. The lowest BCUT2D eigenvalue weighted by Gasteiger charge is -2.13. The summed E-state index contributed by atoms with van der Waals surface area (Å²) >= 11 is 0. The summed E-state index contributed by atoms with van der Waals surface area (Å²) in [6, 6.07) is 31.4. The van der Waals surface area contributed by atoms with Crippen molar-refractivity contribution in [3.05, 3.63) is 107 Å². The summed E-state index contributed by atoms with van der Waals surface area (Å²) in [4.78, 5) is 0. The van der Waals surface area contributed by atoms with E-state index in [0.717, 1.165) is 19.3 Å². The van der Waals surface area contributed by atoms with Crippen molar-refractivity contribution in [1.29, 1.82) is 0 Å². The van der Waals surface area contributed by atoms with Crippen molar-refractivity contribution in [2.75, 3.05) is 0 Å². The topological polar surface area (TPSA) is 9.86 Å². The summed E-state index contributed by atoms with van der Waals surface area (Å²) in [7, 11) is 0. The van der Waals surface area contributed by atoms with Gasteiger partial charge in [-0.1, -0.05) is 68.8 Å². The van der Waals surface area contributed by atoms with Crippen LogP contribution in [0.4, 0.5) is 0 Å². The van der Waals surface area contributed by atoms with Gasteiger partial charge >= 0.3 is 0 Å². The molecule has 0 atom stereocenters. The highest BCUT2D eigenvalue weighted by Gasteiger charge is 2.22. The number of benzene rings is 4. The van der Waals surface area contributed by atoms with Crippen LogP contribution in [0.5, 0.6) is 0 Å². The van der Waals surface area contributed by atoms with Crippen LogP contribution in [-0.2, 0) is 12.8 Å². The molecule has 2 nitrogen and oxygen atoms in total. The molecule has 2 heterocycles. The predicted octanol–water partition coefficient (Wildman–Crippen LogP) is 8.86. The summed E-state index contributed by atoms with van der Waals surface area (Å²) in [5.41, 5.74) is 11.8. The van der Waals surface area contributed by atoms with Gasteiger partial charge in [0.15, 0.2) is 0 Å². The standard InChI is InChI=1S/C33H32N2/c1-5-11-29-26(6-2)27-18-19-31-32(33(27)35(29)25-15-10-13-23(4)21-25)28-16-7-8-17-30(28)34(31)24-14-9-12-22(3)20-24/h7-10,12-21H,5-6,11H2,1-4H3. The molecule has 4 aromatic carbocycles. The molecule has 0 N–H and O–H groups in total. The maximum Gasteiger partial charge on any atom is 0.0634 e. The number of fused-ring (bicyclic) bond motifs is 5. The van der Waals surface area contributed by atoms with Crippen molar-refractivity contribution in [2.24, 2.45) is 0 Å². The van der Waals surface area contributed by atoms with Gasteiger partial charge in [0.2, 0.25) is 0 Å². The van der Waals surface area contributed by atoms with Crippen molar-refractivity contribution >= 4 is 32.7 Å². The quantitative estimate of drug-likeness (QED) is 0.245. The molecular weight excluding hydrogens is 424 g/mol. The smallest absolute Gasteiger partial charge is 0.0634 e. The Labute approximate surface area is 207 Å². The fraction of sp³-hybridized carbons (Fsp3) is 0.212. The van der Waals surface area contributed by atoms with Crippen molar-refractivity contribution < 1.29 is 0 Å². The zero-order valence-corrected chi connectivity index (χ0v) is 21.1. The Balaban J connectivity index is 1.85. The lowest BCUT2D eigenvalue weighted by molar-refractivity contribution is 0.836. The van der Waals surface area contributed by atoms with Gasteiger partial charge in [0.05, 0.1) is 16.6 Å². The van der Waals surface area contributed by atoms with E-state index in [4.69, 9.17) is 0 Å². The van der Waals surface area contributed by atoms with E-state index < -0.39 is 0 Å². The number of nitrogens with zero attached hydrogens (tertiary/aromatic N) is 2. The molecular formula is C33H32N2. The minimum Gasteiger partial charge on any atom is -0.313 e. The van der Waals surface area contributed by atoms with E-state index >= 15 is 0 Å². The van der Waals surface area contributed by atoms with Crippen molar-refractivity contribution in [1.82, 2.24) is 9.13 Å². The average Bonchev–Trinajstić information content (AvgIpc) is 3.36. The van der Waals surface area contributed by atoms with Crippen molar-refractivity contribution in [3.8, 4) is 11.4 Å². The molecule has 0 saturated heterocycles. The number of hydrogen-bond donors (Lipinski definition) is 0. The molecule has 0 aliphatic rings. The van der Waals surface area contributed by atoms with Crippen LogP contribution in [0.15, 0.2) is 84.9 Å². The highest BCUT2D eigenvalue weighted by atomic mass is 15.0. The Morgan fingerprint density at radius 1 is 0.629 bits per heavy atom. The molecule has 0 aliphatic carbocycles. The van der Waals surface area contributed by atoms with Gasteiger partial charge in [-0.15, -0.1) is 0 Å². The Morgan fingerprint density at radius 3 is 1.97 bits per heavy atom. The first-order valence-corrected chi connectivity index (χ1v) is 12.8. The Bertz CT molecular complexity index is 1710. The van der Waals surface area contributed by atoms with E-state index in [1.807, 2.05) is 0 Å². The van der Waals surface area contributed by atoms with Gasteiger partial charge < -0.3 is 9.13 Å². The molecule has 0 amide bonds. The Morgan fingerprint density at radius 2 is 1.31 bits per heavy atom. The number of para-hydroxylation sites is 1. The molecule has 2 aromatic heterocycles. The highest BCUT2D eigenvalue weighted by Crippen LogP contribution is 2.41. The average molecular weight is 457 g/mol. The first kappa shape index (κ1) is 21.7. The third-order valence-corrected chi connectivity index (χ3v) is 7.34. The number of rotatable bonds is 5. The lowest BCUT2D eigenvalue weighted by Crippen LogP contribution is -2.02. The zero-order chi connectivity index (χ0) is 24.1. The van der Waals surface area contributed by atoms with Crippen LogP contribution in [0, 0.1) is 13.8 Å². The normalized spacial score (nSPS) is 11.8. The summed E-state index contributed by atoms with van der Waals surface area (Å²) in [5.74, 6) is 0. The molecule has 2 heteroatoms. The minimum atomic E-state index is 1.03. The first-order chi connectivity index (χ1) is 17.1. The fourth-order valence-electron chi connectivity index (χ4n) is 5.93. The van der Waals surface area contributed by atoms with Gasteiger partial charge in [-0.25, -0.2) is 0 Å². The van der Waals surface area contributed by atoms with Crippen molar-refractivity contribution in [3.63, 3.8) is 0 Å². The maximum atomic E-state index is 2.57. The van der Waals surface area contributed by atoms with Crippen LogP contribution in [0.3, 0.4) is 0 Å². The van der Waals surface area contributed by atoms with E-state index in [2.05, 4.69) is 122 Å². The van der Waals surface area contributed by atoms with Crippen LogP contribution < -0.4 is 0 Å². The monoisotopic (exact) mass is 456 g/mol. The Hall–Kier alpha value is -3.78. The molecule has 6 rings (SSSR count). The van der Waals surface area contributed by atoms with Crippen LogP contribution in [0.1, 0.15) is 42.7 Å². The molecule has 0 saturated carbocycles. The third-order valence-electron chi connectivity index (χ3n) is 7.34. The van der Waals surface area contributed by atoms with E-state index in [-0.39, 0.29) is 0 Å². The zero-order valence-electron chi connectivity index (χ0n) is 21.1. The van der Waals surface area contributed by atoms with Crippen LogP contribution in [0.2, 0.25) is 0 Å². The van der Waals surface area contributed by atoms with Gasteiger partial charge in [-0.2, -0.15) is 0 Å². The minimum absolute atomic E-state index is 1.03. The van der Waals surface area contributed by atoms with Crippen LogP contribution in [-0.4, -0.2) is 9.13 Å². The van der Waals surface area contributed by atoms with Crippen LogP contribution >= 0.6 is 0 Å². The van der Waals surface area contributed by atoms with E-state index in [0.29, 0.717) is 0 Å². The predicted molar refractivity (Wildman–Crippen MR) is 150 cm³/mol. The molecule has 6 aromatic rings. The SMILES string of the molecule is CCCc1c(CC)c2ccc3c(c4ccccc4n3-c3cccc(C)c3)c2n1-c1cccc(C)c1. The second-order valence-corrected chi connectivity index (χ2v) is 9.75. The van der Waals surface area contributed by atoms with E-state index in [1.165, 1.54) is 66.5 Å². The molecule has 0 aliphatic heterocycles. The molecule has 0 radical (unpaired) electrons. The van der Waals surface area contributed by atoms with Gasteiger partial charge in [0.25, 0.3) is 0 Å². The molecule has 0 bridgehead atoms. The van der Waals surface area contributed by atoms with Gasteiger partial charge in [-0.05, 0) is 79.8 Å². The molecule has 0 unspecified atom stereocenters. The summed E-state index contributed by atoms with van der Waals surface area (Å²) < 4.78 is 5.01. The van der Waals surface area contributed by atoms with E-state index in [9.17, 15) is 0 Å². The summed E-state index contributed by atoms with van der Waals surface area (Å²) in [6.45, 7) is 8.95. The van der Waals surface area contributed by atoms with Crippen LogP contribution in [0.25, 0.3) is 44.1 Å². The van der Waals surface area contributed by atoms with Gasteiger partial charge in [0, 0.05) is 33.2 Å². The Kier molecular flexibility index (Phi) is 5.25.